The van der Waals surface area contributed by atoms with Crippen molar-refractivity contribution < 1.29 is 19.0 Å². The van der Waals surface area contributed by atoms with Gasteiger partial charge >= 0.3 is 0 Å². The smallest absolute Gasteiger partial charge is 0.255 e. The molecule has 0 unspecified atom stereocenters. The van der Waals surface area contributed by atoms with E-state index in [2.05, 4.69) is 29.6 Å². The van der Waals surface area contributed by atoms with Crippen LogP contribution >= 0.6 is 0 Å². The molecule has 1 amide bonds. The number of benzene rings is 2. The zero-order valence-corrected chi connectivity index (χ0v) is 15.5. The van der Waals surface area contributed by atoms with Crippen molar-refractivity contribution in [2.45, 2.75) is 24.7 Å². The number of nitrogens with one attached hydrogen (secondary N) is 1. The van der Waals surface area contributed by atoms with Crippen LogP contribution in [0.3, 0.4) is 0 Å². The van der Waals surface area contributed by atoms with Crippen LogP contribution in [-0.2, 0) is 5.41 Å². The van der Waals surface area contributed by atoms with Crippen molar-refractivity contribution in [2.75, 3.05) is 27.9 Å². The lowest BCUT2D eigenvalue weighted by molar-refractivity contribution is 0.0924. The monoisotopic (exact) mass is 355 g/mol. The second kappa shape index (κ2) is 7.68. The molecular formula is C21H25NO4. The summed E-state index contributed by atoms with van der Waals surface area (Å²) in [7, 11) is 4.64. The first-order valence-electron chi connectivity index (χ1n) is 8.77. The minimum absolute atomic E-state index is 0.0285. The maximum atomic E-state index is 12.8. The van der Waals surface area contributed by atoms with Crippen LogP contribution in [0, 0.1) is 0 Å². The summed E-state index contributed by atoms with van der Waals surface area (Å²) in [6.07, 6.45) is 3.35. The lowest BCUT2D eigenvalue weighted by Crippen LogP contribution is -2.45. The van der Waals surface area contributed by atoms with Crippen molar-refractivity contribution in [2.24, 2.45) is 0 Å². The average Bonchev–Trinajstić information content (AvgIpc) is 2.66. The Kier molecular flexibility index (Phi) is 5.35. The molecular weight excluding hydrogens is 330 g/mol. The van der Waals surface area contributed by atoms with Crippen LogP contribution in [0.25, 0.3) is 0 Å². The van der Waals surface area contributed by atoms with E-state index >= 15 is 0 Å². The molecule has 0 aromatic heterocycles. The van der Waals surface area contributed by atoms with E-state index in [4.69, 9.17) is 14.2 Å². The van der Waals surface area contributed by atoms with E-state index in [0.717, 1.165) is 12.8 Å². The van der Waals surface area contributed by atoms with Crippen LogP contribution in [0.4, 0.5) is 0 Å². The zero-order valence-electron chi connectivity index (χ0n) is 15.5. The number of methoxy groups -OCH3 is 3. The predicted molar refractivity (Wildman–Crippen MR) is 100 cm³/mol. The van der Waals surface area contributed by atoms with E-state index in [0.29, 0.717) is 29.4 Å². The topological polar surface area (TPSA) is 56.8 Å². The fraction of sp³-hybridized carbons (Fsp3) is 0.381. The van der Waals surface area contributed by atoms with Crippen LogP contribution < -0.4 is 19.5 Å². The van der Waals surface area contributed by atoms with Crippen molar-refractivity contribution in [3.8, 4) is 17.2 Å². The molecule has 0 spiro atoms. The summed E-state index contributed by atoms with van der Waals surface area (Å²) in [6.45, 7) is 0.605. The fourth-order valence-electron chi connectivity index (χ4n) is 3.51. The van der Waals surface area contributed by atoms with Crippen molar-refractivity contribution in [1.82, 2.24) is 5.32 Å². The molecule has 0 saturated heterocycles. The highest BCUT2D eigenvalue weighted by Gasteiger charge is 2.38. The molecule has 26 heavy (non-hydrogen) atoms. The summed E-state index contributed by atoms with van der Waals surface area (Å²) < 4.78 is 16.0. The number of hydrogen-bond donors (Lipinski definition) is 1. The molecule has 5 nitrogen and oxygen atoms in total. The van der Waals surface area contributed by atoms with Gasteiger partial charge in [0, 0.05) is 24.1 Å². The second-order valence-electron chi connectivity index (χ2n) is 6.59. The van der Waals surface area contributed by atoms with E-state index < -0.39 is 0 Å². The largest absolute Gasteiger partial charge is 0.496 e. The summed E-state index contributed by atoms with van der Waals surface area (Å²) in [5.41, 5.74) is 1.75. The van der Waals surface area contributed by atoms with Gasteiger partial charge in [-0.15, -0.1) is 0 Å². The van der Waals surface area contributed by atoms with Crippen molar-refractivity contribution >= 4 is 5.91 Å². The number of carbonyl (C=O) groups excluding carboxylic acids is 1. The Morgan fingerprint density at radius 2 is 1.58 bits per heavy atom. The van der Waals surface area contributed by atoms with E-state index in [1.807, 2.05) is 6.07 Å². The Morgan fingerprint density at radius 3 is 2.12 bits per heavy atom. The van der Waals surface area contributed by atoms with E-state index in [9.17, 15) is 4.79 Å². The van der Waals surface area contributed by atoms with Gasteiger partial charge in [-0.2, -0.15) is 0 Å². The van der Waals surface area contributed by atoms with Gasteiger partial charge in [0.2, 0.25) is 0 Å². The highest BCUT2D eigenvalue weighted by Crippen LogP contribution is 2.43. The highest BCUT2D eigenvalue weighted by molar-refractivity contribution is 5.97. The number of amides is 1. The molecule has 0 heterocycles. The summed E-state index contributed by atoms with van der Waals surface area (Å²) >= 11 is 0. The summed E-state index contributed by atoms with van der Waals surface area (Å²) in [5, 5.41) is 3.09. The van der Waals surface area contributed by atoms with Gasteiger partial charge in [-0.1, -0.05) is 36.8 Å². The standard InChI is InChI=1S/C21H25NO4/c1-24-17-13-19(26-3)18(25-2)12-16(17)20(23)22-14-21(10-7-11-21)15-8-5-4-6-9-15/h4-6,8-9,12-13H,7,10-11,14H2,1-3H3,(H,22,23). The molecule has 138 valence electrons. The highest BCUT2D eigenvalue weighted by atomic mass is 16.5. The number of rotatable bonds is 7. The summed E-state index contributed by atoms with van der Waals surface area (Å²) in [6, 6.07) is 13.7. The Bertz CT molecular complexity index is 769. The first-order valence-corrected chi connectivity index (χ1v) is 8.77. The van der Waals surface area contributed by atoms with Gasteiger partial charge in [0.05, 0.1) is 26.9 Å². The first kappa shape index (κ1) is 18.1. The van der Waals surface area contributed by atoms with Crippen LogP contribution in [0.5, 0.6) is 17.2 Å². The summed E-state index contributed by atoms with van der Waals surface area (Å²) in [4.78, 5) is 12.8. The zero-order chi connectivity index (χ0) is 18.6. The maximum Gasteiger partial charge on any atom is 0.255 e. The molecule has 2 aromatic carbocycles. The minimum atomic E-state index is -0.176. The van der Waals surface area contributed by atoms with E-state index in [1.54, 1.807) is 26.4 Å². The van der Waals surface area contributed by atoms with Gasteiger partial charge in [0.25, 0.3) is 5.91 Å². The third-order valence-electron chi connectivity index (χ3n) is 5.23. The Labute approximate surface area is 154 Å². The quantitative estimate of drug-likeness (QED) is 0.825. The summed E-state index contributed by atoms with van der Waals surface area (Å²) in [5.74, 6) is 1.31. The molecule has 5 heteroatoms. The Morgan fingerprint density at radius 1 is 0.962 bits per heavy atom. The maximum absolute atomic E-state index is 12.8. The lowest BCUT2D eigenvalue weighted by atomic mass is 9.64. The fourth-order valence-corrected chi connectivity index (χ4v) is 3.51. The molecule has 1 saturated carbocycles. The van der Waals surface area contributed by atoms with Gasteiger partial charge < -0.3 is 19.5 Å². The molecule has 0 bridgehead atoms. The lowest BCUT2D eigenvalue weighted by Gasteiger charge is -2.42. The third-order valence-corrected chi connectivity index (χ3v) is 5.23. The van der Waals surface area contributed by atoms with Crippen LogP contribution in [0.15, 0.2) is 42.5 Å². The van der Waals surface area contributed by atoms with Crippen LogP contribution in [0.1, 0.15) is 35.2 Å². The Balaban J connectivity index is 1.80. The molecule has 0 aliphatic heterocycles. The van der Waals surface area contributed by atoms with E-state index in [-0.39, 0.29) is 11.3 Å². The molecule has 1 N–H and O–H groups in total. The normalized spacial score (nSPS) is 14.9. The number of hydrogen-bond acceptors (Lipinski definition) is 4. The molecule has 1 fully saturated rings. The third kappa shape index (κ3) is 3.34. The second-order valence-corrected chi connectivity index (χ2v) is 6.59. The van der Waals surface area contributed by atoms with Gasteiger partial charge in [-0.3, -0.25) is 4.79 Å². The SMILES string of the molecule is COc1cc(OC)c(C(=O)NCC2(c3ccccc3)CCC2)cc1OC. The van der Waals surface area contributed by atoms with Crippen molar-refractivity contribution in [1.29, 1.82) is 0 Å². The van der Waals surface area contributed by atoms with Crippen molar-refractivity contribution in [3.63, 3.8) is 0 Å². The average molecular weight is 355 g/mol. The number of carbonyl (C=O) groups is 1. The Hall–Kier alpha value is -2.69. The molecule has 3 rings (SSSR count). The van der Waals surface area contributed by atoms with Gasteiger partial charge in [-0.05, 0) is 18.4 Å². The molecule has 1 aliphatic carbocycles. The number of ether oxygens (including phenoxy) is 3. The molecule has 0 radical (unpaired) electrons. The molecule has 1 aliphatic rings. The van der Waals surface area contributed by atoms with Crippen LogP contribution in [-0.4, -0.2) is 33.8 Å². The van der Waals surface area contributed by atoms with Crippen LogP contribution in [0.2, 0.25) is 0 Å². The van der Waals surface area contributed by atoms with Gasteiger partial charge in [-0.25, -0.2) is 0 Å². The van der Waals surface area contributed by atoms with Crippen molar-refractivity contribution in [3.05, 3.63) is 53.6 Å². The minimum Gasteiger partial charge on any atom is -0.496 e. The molecule has 0 atom stereocenters. The first-order chi connectivity index (χ1) is 12.6. The van der Waals surface area contributed by atoms with Gasteiger partial charge in [0.1, 0.15) is 5.75 Å². The van der Waals surface area contributed by atoms with Gasteiger partial charge in [0.15, 0.2) is 11.5 Å². The predicted octanol–water partition coefficient (Wildman–Crippen LogP) is 3.56. The van der Waals surface area contributed by atoms with E-state index in [1.165, 1.54) is 19.1 Å². The molecule has 2 aromatic rings.